The van der Waals surface area contributed by atoms with E-state index in [2.05, 4.69) is 0 Å². The zero-order chi connectivity index (χ0) is 12.3. The molecule has 7 heteroatoms. The predicted molar refractivity (Wildman–Crippen MR) is 48.9 cm³/mol. The van der Waals surface area contributed by atoms with E-state index in [-0.39, 0.29) is 10.4 Å². The lowest BCUT2D eigenvalue weighted by molar-refractivity contribution is -0.614. The second kappa shape index (κ2) is 4.48. The lowest BCUT2D eigenvalue weighted by atomic mass is 10.1. The van der Waals surface area contributed by atoms with Crippen LogP contribution in [-0.4, -0.2) is 17.4 Å². The first-order valence-corrected chi connectivity index (χ1v) is 4.31. The van der Waals surface area contributed by atoms with Crippen molar-refractivity contribution >= 4 is 5.71 Å². The van der Waals surface area contributed by atoms with E-state index >= 15 is 0 Å². The molecule has 2 N–H and O–H groups in total. The fourth-order valence-corrected chi connectivity index (χ4v) is 1.21. The van der Waals surface area contributed by atoms with E-state index in [0.717, 1.165) is 18.3 Å². The van der Waals surface area contributed by atoms with Crippen LogP contribution in [-0.2, 0) is 12.6 Å². The molecule has 4 nitrogen and oxygen atoms in total. The zero-order valence-electron chi connectivity index (χ0n) is 8.08. The second-order valence-corrected chi connectivity index (χ2v) is 3.13. The first kappa shape index (κ1) is 12.4. The van der Waals surface area contributed by atoms with Gasteiger partial charge in [0.15, 0.2) is 6.20 Å². The minimum absolute atomic E-state index is 0.0625. The molecular weight excluding hydrogens is 225 g/mol. The Morgan fingerprint density at radius 3 is 2.62 bits per heavy atom. The molecule has 88 valence electrons. The molecular formula is C9H9F3N2O2. The quantitative estimate of drug-likeness (QED) is 0.463. The highest BCUT2D eigenvalue weighted by Crippen LogP contribution is 2.30. The molecule has 0 unspecified atom stereocenters. The van der Waals surface area contributed by atoms with Crippen molar-refractivity contribution in [1.82, 2.24) is 0 Å². The molecule has 0 aliphatic carbocycles. The van der Waals surface area contributed by atoms with Gasteiger partial charge in [0.05, 0.1) is 13.0 Å². The van der Waals surface area contributed by atoms with Gasteiger partial charge in [0.25, 0.3) is 0 Å². The molecule has 1 rings (SSSR count). The van der Waals surface area contributed by atoms with Gasteiger partial charge in [-0.05, 0) is 6.07 Å². The van der Waals surface area contributed by atoms with Gasteiger partial charge < -0.3 is 15.7 Å². The largest absolute Gasteiger partial charge is 0.618 e. The maximum Gasteiger partial charge on any atom is 0.422 e. The Bertz CT molecular complexity index is 404. The lowest BCUT2D eigenvalue weighted by Crippen LogP contribution is -2.36. The van der Waals surface area contributed by atoms with Crippen molar-refractivity contribution < 1.29 is 23.0 Å². The molecule has 0 radical (unpaired) electrons. The summed E-state index contributed by atoms with van der Waals surface area (Å²) in [6.45, 7) is -0.674. The summed E-state index contributed by atoms with van der Waals surface area (Å²) in [7, 11) is 0. The zero-order valence-corrected chi connectivity index (χ0v) is 8.08. The van der Waals surface area contributed by atoms with Crippen LogP contribution in [0.25, 0.3) is 0 Å². The summed E-state index contributed by atoms with van der Waals surface area (Å²) in [6, 6.07) is 1.76. The van der Waals surface area contributed by atoms with E-state index in [4.69, 9.17) is 10.5 Å². The Morgan fingerprint density at radius 2 is 2.12 bits per heavy atom. The van der Waals surface area contributed by atoms with Gasteiger partial charge in [-0.2, -0.15) is 17.9 Å². The van der Waals surface area contributed by atoms with E-state index in [1.165, 1.54) is 0 Å². The topological polar surface area (TPSA) is 71.0 Å². The minimum Gasteiger partial charge on any atom is -0.618 e. The Kier molecular flexibility index (Phi) is 3.48. The summed E-state index contributed by atoms with van der Waals surface area (Å²) < 4.78 is 37.6. The number of hydrogen-bond donors (Lipinski definition) is 2. The van der Waals surface area contributed by atoms with Crippen molar-refractivity contribution in [2.24, 2.45) is 0 Å². The van der Waals surface area contributed by atoms with Crippen LogP contribution in [0.4, 0.5) is 13.2 Å². The number of alkyl halides is 3. The third-order valence-corrected chi connectivity index (χ3v) is 1.94. The van der Waals surface area contributed by atoms with Crippen molar-refractivity contribution in [2.75, 3.05) is 6.61 Å². The van der Waals surface area contributed by atoms with Crippen LogP contribution in [0.1, 0.15) is 11.3 Å². The summed E-state index contributed by atoms with van der Waals surface area (Å²) >= 11 is 0. The Hall–Kier alpha value is -1.63. The number of aliphatic hydroxyl groups is 1. The average molecular weight is 234 g/mol. The van der Waals surface area contributed by atoms with Gasteiger partial charge >= 0.3 is 6.18 Å². The maximum absolute atomic E-state index is 12.5. The maximum atomic E-state index is 12.5. The number of nitrogens with zero attached hydrogens (tertiary/aromatic N) is 1. The highest BCUT2D eigenvalue weighted by Gasteiger charge is 2.37. The minimum atomic E-state index is -4.64. The van der Waals surface area contributed by atoms with Gasteiger partial charge in [0.2, 0.25) is 5.69 Å². The SMILES string of the molecule is N=C(CO)Cc1c(C(F)(F)F)ccc[n+]1[O-]. The molecule has 0 amide bonds. The number of rotatable bonds is 3. The molecule has 0 saturated heterocycles. The standard InChI is InChI=1S/C9H9F3N2O2/c10-9(11,12)7-2-1-3-14(16)8(7)4-6(13)5-15/h1-3,13,15H,4-5H2. The van der Waals surface area contributed by atoms with Crippen LogP contribution in [0.3, 0.4) is 0 Å². The number of halogens is 3. The molecule has 0 atom stereocenters. The molecule has 1 aromatic heterocycles. The molecule has 1 heterocycles. The van der Waals surface area contributed by atoms with Crippen LogP contribution < -0.4 is 4.73 Å². The molecule has 0 aliphatic heterocycles. The predicted octanol–water partition coefficient (Wildman–Crippen LogP) is 0.893. The summed E-state index contributed by atoms with van der Waals surface area (Å²) in [4.78, 5) is 0. The fraction of sp³-hybridized carbons (Fsp3) is 0.333. The summed E-state index contributed by atoms with van der Waals surface area (Å²) in [6.07, 6.45) is -4.23. The van der Waals surface area contributed by atoms with Crippen LogP contribution in [0.15, 0.2) is 18.3 Å². The van der Waals surface area contributed by atoms with E-state index in [1.54, 1.807) is 0 Å². The number of pyridine rings is 1. The number of aliphatic hydroxyl groups excluding tert-OH is 1. The lowest BCUT2D eigenvalue weighted by Gasteiger charge is -2.11. The van der Waals surface area contributed by atoms with Gasteiger partial charge in [-0.25, -0.2) is 0 Å². The monoisotopic (exact) mass is 234 g/mol. The molecule has 0 aromatic carbocycles. The van der Waals surface area contributed by atoms with E-state index in [1.807, 2.05) is 0 Å². The molecule has 0 bridgehead atoms. The Balaban J connectivity index is 3.19. The van der Waals surface area contributed by atoms with Gasteiger partial charge in [0.1, 0.15) is 5.56 Å². The summed E-state index contributed by atoms with van der Waals surface area (Å²) in [5.74, 6) is 0. The van der Waals surface area contributed by atoms with Crippen LogP contribution >= 0.6 is 0 Å². The van der Waals surface area contributed by atoms with E-state index in [0.29, 0.717) is 0 Å². The van der Waals surface area contributed by atoms with Crippen LogP contribution in [0.5, 0.6) is 0 Å². The molecule has 0 spiro atoms. The van der Waals surface area contributed by atoms with Crippen molar-refractivity contribution in [3.63, 3.8) is 0 Å². The van der Waals surface area contributed by atoms with E-state index in [9.17, 15) is 18.4 Å². The molecule has 1 aromatic rings. The van der Waals surface area contributed by atoms with Gasteiger partial charge in [-0.1, -0.05) is 0 Å². The fourth-order valence-electron chi connectivity index (χ4n) is 1.21. The van der Waals surface area contributed by atoms with Gasteiger partial charge in [-0.15, -0.1) is 0 Å². The molecule has 0 fully saturated rings. The first-order valence-electron chi connectivity index (χ1n) is 4.31. The molecule has 16 heavy (non-hydrogen) atoms. The second-order valence-electron chi connectivity index (χ2n) is 3.13. The normalized spacial score (nSPS) is 11.5. The average Bonchev–Trinajstić information content (AvgIpc) is 2.19. The summed E-state index contributed by atoms with van der Waals surface area (Å²) in [5.41, 5.74) is -2.00. The molecule has 0 aliphatic rings. The summed E-state index contributed by atoms with van der Waals surface area (Å²) in [5, 5.41) is 26.8. The van der Waals surface area contributed by atoms with E-state index < -0.39 is 30.5 Å². The van der Waals surface area contributed by atoms with Gasteiger partial charge in [0, 0.05) is 11.8 Å². The Labute approximate surface area is 89.0 Å². The smallest absolute Gasteiger partial charge is 0.422 e. The number of hydrogen-bond acceptors (Lipinski definition) is 3. The van der Waals surface area contributed by atoms with Crippen molar-refractivity contribution in [1.29, 1.82) is 5.41 Å². The number of aromatic nitrogens is 1. The van der Waals surface area contributed by atoms with Crippen molar-refractivity contribution in [3.8, 4) is 0 Å². The van der Waals surface area contributed by atoms with Crippen LogP contribution in [0.2, 0.25) is 0 Å². The third kappa shape index (κ3) is 2.69. The Morgan fingerprint density at radius 1 is 1.50 bits per heavy atom. The van der Waals surface area contributed by atoms with Gasteiger partial charge in [-0.3, -0.25) is 0 Å². The number of nitrogens with one attached hydrogen (secondary N) is 1. The van der Waals surface area contributed by atoms with Crippen LogP contribution in [0, 0.1) is 10.6 Å². The highest BCUT2D eigenvalue weighted by atomic mass is 19.4. The first-order chi connectivity index (χ1) is 7.36. The molecule has 0 saturated carbocycles. The van der Waals surface area contributed by atoms with Crippen molar-refractivity contribution in [2.45, 2.75) is 12.6 Å². The highest BCUT2D eigenvalue weighted by molar-refractivity contribution is 5.84. The third-order valence-electron chi connectivity index (χ3n) is 1.94. The van der Waals surface area contributed by atoms with Crippen molar-refractivity contribution in [3.05, 3.63) is 34.8 Å².